The van der Waals surface area contributed by atoms with E-state index < -0.39 is 0 Å². The highest BCUT2D eigenvalue weighted by molar-refractivity contribution is 5.90. The van der Waals surface area contributed by atoms with Gasteiger partial charge in [0, 0.05) is 31.8 Å². The van der Waals surface area contributed by atoms with Crippen molar-refractivity contribution in [1.82, 2.24) is 4.90 Å². The van der Waals surface area contributed by atoms with E-state index in [2.05, 4.69) is 10.2 Å². The lowest BCUT2D eigenvalue weighted by molar-refractivity contribution is -0.116. The van der Waals surface area contributed by atoms with Crippen LogP contribution in [-0.4, -0.2) is 42.2 Å². The zero-order valence-corrected chi connectivity index (χ0v) is 11.2. The van der Waals surface area contributed by atoms with E-state index in [1.54, 1.807) is 12.1 Å². The van der Waals surface area contributed by atoms with Crippen molar-refractivity contribution < 1.29 is 14.3 Å². The molecule has 0 saturated heterocycles. The largest absolute Gasteiger partial charge is 0.396 e. The number of hydrogen-bond acceptors (Lipinski definition) is 3. The topological polar surface area (TPSA) is 52.6 Å². The monoisotopic (exact) mass is 268 g/mol. The van der Waals surface area contributed by atoms with Gasteiger partial charge < -0.3 is 15.3 Å². The predicted molar refractivity (Wildman–Crippen MR) is 73.5 cm³/mol. The number of rotatable bonds is 8. The summed E-state index contributed by atoms with van der Waals surface area (Å²) in [5.41, 5.74) is 0.475. The third kappa shape index (κ3) is 6.31. The van der Waals surface area contributed by atoms with Crippen LogP contribution in [-0.2, 0) is 4.79 Å². The minimum absolute atomic E-state index is 0.131. The molecule has 1 rings (SSSR count). The summed E-state index contributed by atoms with van der Waals surface area (Å²) in [4.78, 5) is 13.8. The van der Waals surface area contributed by atoms with Gasteiger partial charge in [0.15, 0.2) is 0 Å². The third-order valence-electron chi connectivity index (χ3n) is 2.84. The minimum atomic E-state index is -0.365. The molecule has 19 heavy (non-hydrogen) atoms. The fraction of sp³-hybridized carbons (Fsp3) is 0.500. The van der Waals surface area contributed by atoms with Crippen LogP contribution in [0.5, 0.6) is 0 Å². The van der Waals surface area contributed by atoms with Gasteiger partial charge in [-0.05, 0) is 31.2 Å². The number of nitrogens with zero attached hydrogens (tertiary/aromatic N) is 1. The van der Waals surface area contributed by atoms with Crippen LogP contribution in [0, 0.1) is 5.82 Å². The van der Waals surface area contributed by atoms with Gasteiger partial charge in [-0.15, -0.1) is 0 Å². The number of carbonyl (C=O) groups is 1. The second-order valence-corrected chi connectivity index (χ2v) is 4.32. The molecule has 0 radical (unpaired) electrons. The summed E-state index contributed by atoms with van der Waals surface area (Å²) in [6.45, 7) is 4.43. The molecule has 1 amide bonds. The molecule has 0 bridgehead atoms. The van der Waals surface area contributed by atoms with Crippen LogP contribution in [0.4, 0.5) is 10.1 Å². The van der Waals surface area contributed by atoms with Crippen molar-refractivity contribution in [2.24, 2.45) is 0 Å². The first-order valence-corrected chi connectivity index (χ1v) is 6.54. The van der Waals surface area contributed by atoms with Crippen LogP contribution in [0.25, 0.3) is 0 Å². The highest BCUT2D eigenvalue weighted by atomic mass is 19.1. The van der Waals surface area contributed by atoms with Gasteiger partial charge >= 0.3 is 0 Å². The highest BCUT2D eigenvalue weighted by Gasteiger charge is 2.07. The molecule has 0 aliphatic carbocycles. The van der Waals surface area contributed by atoms with Crippen LogP contribution in [0.15, 0.2) is 24.3 Å². The summed E-state index contributed by atoms with van der Waals surface area (Å²) in [5, 5.41) is 11.4. The summed E-state index contributed by atoms with van der Waals surface area (Å²) in [5.74, 6) is -0.496. The van der Waals surface area contributed by atoms with Crippen molar-refractivity contribution in [2.75, 3.05) is 31.6 Å². The maximum absolute atomic E-state index is 12.9. The zero-order chi connectivity index (χ0) is 14.1. The Kier molecular flexibility index (Phi) is 7.07. The van der Waals surface area contributed by atoms with E-state index in [1.165, 1.54) is 12.1 Å². The molecule has 0 fully saturated rings. The Labute approximate surface area is 113 Å². The van der Waals surface area contributed by atoms with Crippen molar-refractivity contribution in [2.45, 2.75) is 19.8 Å². The number of aliphatic hydroxyl groups is 1. The molecule has 0 saturated carbocycles. The van der Waals surface area contributed by atoms with Gasteiger partial charge in [0.2, 0.25) is 5.91 Å². The van der Waals surface area contributed by atoms with Crippen molar-refractivity contribution in [1.29, 1.82) is 0 Å². The Bertz CT molecular complexity index is 399. The zero-order valence-electron chi connectivity index (χ0n) is 11.2. The van der Waals surface area contributed by atoms with Crippen LogP contribution in [0.1, 0.15) is 19.8 Å². The minimum Gasteiger partial charge on any atom is -0.396 e. The number of anilines is 1. The number of nitrogens with one attached hydrogen (secondary N) is 1. The van der Waals surface area contributed by atoms with Gasteiger partial charge in [0.05, 0.1) is 0 Å². The average Bonchev–Trinajstić information content (AvgIpc) is 2.39. The summed E-state index contributed by atoms with van der Waals surface area (Å²) in [7, 11) is 0. The summed E-state index contributed by atoms with van der Waals surface area (Å²) >= 11 is 0. The maximum Gasteiger partial charge on any atom is 0.225 e. The Morgan fingerprint density at radius 1 is 1.42 bits per heavy atom. The standard InChI is InChI=1S/C14H21FN2O2/c1-2-17(8-4-10-18)9-7-14(19)16-13-6-3-5-12(15)11-13/h3,5-6,11,18H,2,4,7-10H2,1H3,(H,16,19). The quantitative estimate of drug-likeness (QED) is 0.756. The molecular formula is C14H21FN2O2. The lowest BCUT2D eigenvalue weighted by Gasteiger charge is -2.19. The van der Waals surface area contributed by atoms with E-state index in [0.29, 0.717) is 25.1 Å². The van der Waals surface area contributed by atoms with Gasteiger partial charge in [0.25, 0.3) is 0 Å². The average molecular weight is 268 g/mol. The lowest BCUT2D eigenvalue weighted by Crippen LogP contribution is -2.29. The second kappa shape index (κ2) is 8.61. The van der Waals surface area contributed by atoms with E-state index in [1.807, 2.05) is 6.92 Å². The molecule has 106 valence electrons. The Balaban J connectivity index is 2.34. The van der Waals surface area contributed by atoms with Gasteiger partial charge in [-0.1, -0.05) is 13.0 Å². The molecule has 0 spiro atoms. The van der Waals surface area contributed by atoms with Crippen LogP contribution >= 0.6 is 0 Å². The first-order chi connectivity index (χ1) is 9.15. The smallest absolute Gasteiger partial charge is 0.225 e. The van der Waals surface area contributed by atoms with Gasteiger partial charge in [-0.25, -0.2) is 4.39 Å². The molecule has 0 aliphatic heterocycles. The van der Waals surface area contributed by atoms with Crippen LogP contribution in [0.3, 0.4) is 0 Å². The normalized spacial score (nSPS) is 10.7. The van der Waals surface area contributed by atoms with Gasteiger partial charge in [-0.2, -0.15) is 0 Å². The first kappa shape index (κ1) is 15.6. The Hall–Kier alpha value is -1.46. The molecule has 0 unspecified atom stereocenters. The number of amides is 1. The molecule has 0 aliphatic rings. The highest BCUT2D eigenvalue weighted by Crippen LogP contribution is 2.09. The fourth-order valence-corrected chi connectivity index (χ4v) is 1.77. The molecule has 5 heteroatoms. The number of benzene rings is 1. The van der Waals surface area contributed by atoms with Crippen LogP contribution < -0.4 is 5.32 Å². The summed E-state index contributed by atoms with van der Waals surface area (Å²) in [6.07, 6.45) is 1.06. The molecule has 4 nitrogen and oxygen atoms in total. The molecule has 0 atom stereocenters. The first-order valence-electron chi connectivity index (χ1n) is 6.54. The maximum atomic E-state index is 12.9. The molecular weight excluding hydrogens is 247 g/mol. The second-order valence-electron chi connectivity index (χ2n) is 4.32. The van der Waals surface area contributed by atoms with Crippen molar-refractivity contribution >= 4 is 11.6 Å². The summed E-state index contributed by atoms with van der Waals surface area (Å²) < 4.78 is 12.9. The summed E-state index contributed by atoms with van der Waals surface area (Å²) in [6, 6.07) is 5.85. The van der Waals surface area contributed by atoms with E-state index >= 15 is 0 Å². The Morgan fingerprint density at radius 2 is 2.21 bits per heavy atom. The molecule has 0 aromatic heterocycles. The van der Waals surface area contributed by atoms with Crippen LogP contribution in [0.2, 0.25) is 0 Å². The third-order valence-corrected chi connectivity index (χ3v) is 2.84. The molecule has 1 aromatic rings. The lowest BCUT2D eigenvalue weighted by atomic mass is 10.3. The predicted octanol–water partition coefficient (Wildman–Crippen LogP) is 1.86. The van der Waals surface area contributed by atoms with E-state index in [4.69, 9.17) is 5.11 Å². The Morgan fingerprint density at radius 3 is 2.84 bits per heavy atom. The molecule has 0 heterocycles. The van der Waals surface area contributed by atoms with Crippen molar-refractivity contribution in [3.05, 3.63) is 30.1 Å². The number of aliphatic hydroxyl groups excluding tert-OH is 1. The van der Waals surface area contributed by atoms with E-state index in [0.717, 1.165) is 13.1 Å². The van der Waals surface area contributed by atoms with E-state index in [-0.39, 0.29) is 18.3 Å². The number of hydrogen-bond donors (Lipinski definition) is 2. The number of carbonyl (C=O) groups excluding carboxylic acids is 1. The van der Waals surface area contributed by atoms with E-state index in [9.17, 15) is 9.18 Å². The SMILES string of the molecule is CCN(CCCO)CCC(=O)Nc1cccc(F)c1. The van der Waals surface area contributed by atoms with Gasteiger partial charge in [0.1, 0.15) is 5.82 Å². The van der Waals surface area contributed by atoms with Gasteiger partial charge in [-0.3, -0.25) is 4.79 Å². The van der Waals surface area contributed by atoms with Crippen molar-refractivity contribution in [3.8, 4) is 0 Å². The fourth-order valence-electron chi connectivity index (χ4n) is 1.77. The molecule has 2 N–H and O–H groups in total. The molecule has 1 aromatic carbocycles. The van der Waals surface area contributed by atoms with Crippen molar-refractivity contribution in [3.63, 3.8) is 0 Å². The number of halogens is 1.